The third kappa shape index (κ3) is 5.08. The molecule has 3 heterocycles. The van der Waals surface area contributed by atoms with Gasteiger partial charge in [0, 0.05) is 12.0 Å². The fourth-order valence-corrected chi connectivity index (χ4v) is 6.44. The van der Waals surface area contributed by atoms with Crippen LogP contribution in [0.4, 0.5) is 5.13 Å². The van der Waals surface area contributed by atoms with E-state index in [4.69, 9.17) is 23.9 Å². The maximum Gasteiger partial charge on any atom is 0.301 e. The summed E-state index contributed by atoms with van der Waals surface area (Å²) in [5.74, 6) is 0.429. The normalized spacial score (nSPS) is 18.9. The van der Waals surface area contributed by atoms with Gasteiger partial charge in [-0.15, -0.1) is 0 Å². The molecule has 0 saturated carbocycles. The van der Waals surface area contributed by atoms with Crippen molar-refractivity contribution in [3.8, 4) is 23.0 Å². The highest BCUT2D eigenvalue weighted by Gasteiger charge is 2.48. The third-order valence-corrected chi connectivity index (χ3v) is 8.36. The molecule has 0 spiro atoms. The Hall–Kier alpha value is -4.83. The molecule has 1 aromatic heterocycles. The lowest BCUT2D eigenvalue weighted by atomic mass is 9.94. The minimum Gasteiger partial charge on any atom is -0.507 e. The number of nitrogens with zero attached hydrogens (tertiary/aromatic N) is 2. The van der Waals surface area contributed by atoms with Crippen LogP contribution in [-0.2, 0) is 16.0 Å². The number of amides is 1. The first-order valence-corrected chi connectivity index (χ1v) is 14.7. The number of carbonyl (C=O) groups excluding carboxylic acids is 2. The molecule has 220 valence electrons. The van der Waals surface area contributed by atoms with Gasteiger partial charge in [-0.25, -0.2) is 4.98 Å². The number of aromatic nitrogens is 1. The summed E-state index contributed by atoms with van der Waals surface area (Å²) >= 11 is 1.26. The molecule has 0 bridgehead atoms. The van der Waals surface area contributed by atoms with E-state index in [0.29, 0.717) is 52.1 Å². The van der Waals surface area contributed by atoms with E-state index in [2.05, 4.69) is 6.58 Å². The summed E-state index contributed by atoms with van der Waals surface area (Å²) in [6.45, 7) is 8.16. The van der Waals surface area contributed by atoms with Crippen LogP contribution in [0.2, 0.25) is 0 Å². The van der Waals surface area contributed by atoms with Crippen LogP contribution >= 0.6 is 11.3 Å². The van der Waals surface area contributed by atoms with Crippen LogP contribution < -0.4 is 23.8 Å². The highest BCUT2D eigenvalue weighted by atomic mass is 32.1. The number of benzene rings is 3. The number of hydrogen-bond donors (Lipinski definition) is 1. The van der Waals surface area contributed by atoms with Crippen molar-refractivity contribution in [3.05, 3.63) is 89.5 Å². The molecule has 0 aliphatic carbocycles. The number of ketones is 1. The van der Waals surface area contributed by atoms with E-state index in [9.17, 15) is 14.7 Å². The van der Waals surface area contributed by atoms with Gasteiger partial charge in [-0.05, 0) is 73.5 Å². The molecule has 1 fully saturated rings. The molecular formula is C33H30N2O7S. The number of Topliss-reactive ketones (excluding diaryl/α,β-unsaturated/α-hetero) is 1. The number of aliphatic hydroxyl groups excluding tert-OH is 1. The molecule has 6 rings (SSSR count). The van der Waals surface area contributed by atoms with Crippen molar-refractivity contribution in [1.82, 2.24) is 4.98 Å². The maximum absolute atomic E-state index is 13.8. The van der Waals surface area contributed by atoms with Crippen LogP contribution in [0.15, 0.2) is 72.8 Å². The Morgan fingerprint density at radius 1 is 1.14 bits per heavy atom. The molecule has 1 saturated heterocycles. The monoisotopic (exact) mass is 598 g/mol. The van der Waals surface area contributed by atoms with Gasteiger partial charge in [0.15, 0.2) is 16.6 Å². The average Bonchev–Trinajstić information content (AvgIpc) is 3.67. The molecule has 0 radical (unpaired) electrons. The molecule has 1 N–H and O–H groups in total. The predicted molar refractivity (Wildman–Crippen MR) is 164 cm³/mol. The first-order valence-electron chi connectivity index (χ1n) is 13.9. The largest absolute Gasteiger partial charge is 0.507 e. The number of anilines is 1. The summed E-state index contributed by atoms with van der Waals surface area (Å²) in [4.78, 5) is 33.6. The van der Waals surface area contributed by atoms with Crippen LogP contribution in [0.25, 0.3) is 16.0 Å². The Balaban J connectivity index is 1.53. The Bertz CT molecular complexity index is 1790. The molecule has 2 aliphatic heterocycles. The van der Waals surface area contributed by atoms with Crippen LogP contribution in [-0.4, -0.2) is 48.2 Å². The van der Waals surface area contributed by atoms with Crippen molar-refractivity contribution in [2.24, 2.45) is 0 Å². The first-order chi connectivity index (χ1) is 20.8. The van der Waals surface area contributed by atoms with Gasteiger partial charge in [0.05, 0.1) is 35.5 Å². The quantitative estimate of drug-likeness (QED) is 0.105. The number of thiazole rings is 1. The van der Waals surface area contributed by atoms with Gasteiger partial charge < -0.3 is 24.1 Å². The van der Waals surface area contributed by atoms with Gasteiger partial charge in [0.25, 0.3) is 5.78 Å². The fourth-order valence-electron chi connectivity index (χ4n) is 5.42. The van der Waals surface area contributed by atoms with Gasteiger partial charge in [0.1, 0.15) is 30.0 Å². The van der Waals surface area contributed by atoms with Gasteiger partial charge in [-0.1, -0.05) is 30.1 Å². The maximum atomic E-state index is 13.8. The SMILES string of the molecule is C=CCOc1ccc([C@@H]2C(=C(O)c3ccc4c(c3)C[C@@H](C)O4)C(=O)C(=O)N2c2nc3ccc(OC)cc3s2)cc1OCC. The minimum atomic E-state index is -0.987. The van der Waals surface area contributed by atoms with Crippen molar-refractivity contribution in [2.45, 2.75) is 32.4 Å². The van der Waals surface area contributed by atoms with Crippen molar-refractivity contribution in [2.75, 3.05) is 25.2 Å². The van der Waals surface area contributed by atoms with Crippen molar-refractivity contribution in [1.29, 1.82) is 0 Å². The Morgan fingerprint density at radius 3 is 2.74 bits per heavy atom. The highest BCUT2D eigenvalue weighted by Crippen LogP contribution is 2.46. The third-order valence-electron chi connectivity index (χ3n) is 7.34. The summed E-state index contributed by atoms with van der Waals surface area (Å²) in [6.07, 6.45) is 2.31. The Kier molecular flexibility index (Phi) is 7.53. The lowest BCUT2D eigenvalue weighted by Gasteiger charge is -2.24. The second-order valence-electron chi connectivity index (χ2n) is 10.2. The fraction of sp³-hybridized carbons (Fsp3) is 0.242. The van der Waals surface area contributed by atoms with E-state index in [1.165, 1.54) is 16.2 Å². The van der Waals surface area contributed by atoms with Crippen LogP contribution in [0.1, 0.15) is 36.6 Å². The van der Waals surface area contributed by atoms with Gasteiger partial charge in [-0.2, -0.15) is 0 Å². The summed E-state index contributed by atoms with van der Waals surface area (Å²) in [5.41, 5.74) is 2.49. The summed E-state index contributed by atoms with van der Waals surface area (Å²) in [6, 6.07) is 14.9. The van der Waals surface area contributed by atoms with Crippen LogP contribution in [0.5, 0.6) is 23.0 Å². The lowest BCUT2D eigenvalue weighted by molar-refractivity contribution is -0.132. The molecule has 0 unspecified atom stereocenters. The second kappa shape index (κ2) is 11.4. The predicted octanol–water partition coefficient (Wildman–Crippen LogP) is 6.22. The summed E-state index contributed by atoms with van der Waals surface area (Å²) < 4.78 is 23.6. The lowest BCUT2D eigenvalue weighted by Crippen LogP contribution is -2.29. The molecule has 2 aliphatic rings. The molecule has 3 aromatic carbocycles. The van der Waals surface area contributed by atoms with Crippen molar-refractivity contribution in [3.63, 3.8) is 0 Å². The zero-order valence-electron chi connectivity index (χ0n) is 24.0. The summed E-state index contributed by atoms with van der Waals surface area (Å²) in [7, 11) is 1.58. The molecule has 10 heteroatoms. The minimum absolute atomic E-state index is 0.00875. The Labute approximate surface area is 252 Å². The van der Waals surface area contributed by atoms with E-state index in [1.54, 1.807) is 61.7 Å². The number of aliphatic hydroxyl groups is 1. The molecule has 1 amide bonds. The van der Waals surface area contributed by atoms with E-state index < -0.39 is 17.7 Å². The van der Waals surface area contributed by atoms with E-state index >= 15 is 0 Å². The van der Waals surface area contributed by atoms with Crippen LogP contribution in [0.3, 0.4) is 0 Å². The number of methoxy groups -OCH3 is 1. The van der Waals surface area contributed by atoms with E-state index in [1.807, 2.05) is 19.9 Å². The van der Waals surface area contributed by atoms with Crippen molar-refractivity contribution < 1.29 is 33.6 Å². The van der Waals surface area contributed by atoms with Crippen LogP contribution in [0, 0.1) is 0 Å². The van der Waals surface area contributed by atoms with Gasteiger partial charge in [-0.3, -0.25) is 14.5 Å². The number of ether oxygens (including phenoxy) is 4. The highest BCUT2D eigenvalue weighted by molar-refractivity contribution is 7.22. The second-order valence-corrected chi connectivity index (χ2v) is 11.2. The molecular weight excluding hydrogens is 568 g/mol. The average molecular weight is 599 g/mol. The van der Waals surface area contributed by atoms with E-state index in [0.717, 1.165) is 16.0 Å². The zero-order valence-corrected chi connectivity index (χ0v) is 24.8. The standard InChI is InChI=1S/C33H30N2O7S/c1-5-13-41-25-12-7-19(16-26(25)40-6-2)29-28(30(36)20-8-11-24-21(15-20)14-18(3)42-24)31(37)32(38)35(29)33-34-23-10-9-22(39-4)17-27(23)43-33/h5,7-12,15-18,29,36H,1,6,13-14H2,2-4H3/t18-,29-/m1/s1. The topological polar surface area (TPSA) is 107 Å². The number of hydrogen-bond acceptors (Lipinski definition) is 9. The zero-order chi connectivity index (χ0) is 30.2. The van der Waals surface area contributed by atoms with E-state index in [-0.39, 0.29) is 24.0 Å². The van der Waals surface area contributed by atoms with Crippen molar-refractivity contribution >= 4 is 44.1 Å². The first kappa shape index (κ1) is 28.3. The molecule has 43 heavy (non-hydrogen) atoms. The van der Waals surface area contributed by atoms with Gasteiger partial charge >= 0.3 is 5.91 Å². The summed E-state index contributed by atoms with van der Waals surface area (Å²) in [5, 5.41) is 12.0. The molecule has 4 aromatic rings. The molecule has 9 nitrogen and oxygen atoms in total. The Morgan fingerprint density at radius 2 is 1.98 bits per heavy atom. The smallest absolute Gasteiger partial charge is 0.301 e. The number of rotatable bonds is 9. The van der Waals surface area contributed by atoms with Gasteiger partial charge in [0.2, 0.25) is 0 Å². The number of fused-ring (bicyclic) bond motifs is 2. The number of carbonyl (C=O) groups is 2. The molecule has 2 atom stereocenters.